The lowest BCUT2D eigenvalue weighted by molar-refractivity contribution is -0.376. The number of hydrogen-bond acceptors (Lipinski definition) is 4. The number of nitrogens with one attached hydrogen (secondary N) is 2. The van der Waals surface area contributed by atoms with Gasteiger partial charge in [-0.1, -0.05) is 24.3 Å². The molecule has 0 unspecified atom stereocenters. The smallest absolute Gasteiger partial charge is 0.369 e. The van der Waals surface area contributed by atoms with E-state index in [2.05, 4.69) is 10.6 Å². The monoisotopic (exact) mass is 530 g/mol. The number of hydrogen-bond donors (Lipinski definition) is 4. The van der Waals surface area contributed by atoms with Crippen LogP contribution in [0, 0.1) is 0 Å². The molecular formula is C19H14F12N2O2. The Morgan fingerprint density at radius 3 is 1.06 bits per heavy atom. The van der Waals surface area contributed by atoms with Crippen molar-refractivity contribution < 1.29 is 62.9 Å². The molecule has 0 spiro atoms. The molecule has 0 fully saturated rings. The van der Waals surface area contributed by atoms with Crippen molar-refractivity contribution in [1.29, 1.82) is 0 Å². The molecule has 35 heavy (non-hydrogen) atoms. The van der Waals surface area contributed by atoms with Crippen LogP contribution in [0.3, 0.4) is 0 Å². The van der Waals surface area contributed by atoms with Crippen LogP contribution in [0.25, 0.3) is 0 Å². The summed E-state index contributed by atoms with van der Waals surface area (Å²) >= 11 is 0. The van der Waals surface area contributed by atoms with Gasteiger partial charge in [0.05, 0.1) is 6.67 Å². The minimum atomic E-state index is -6.14. The van der Waals surface area contributed by atoms with Crippen LogP contribution in [-0.2, 0) is 11.2 Å². The van der Waals surface area contributed by atoms with E-state index < -0.39 is 65.1 Å². The third-order valence-electron chi connectivity index (χ3n) is 4.79. The van der Waals surface area contributed by atoms with E-state index in [1.54, 1.807) is 0 Å². The lowest BCUT2D eigenvalue weighted by Crippen LogP contribution is -2.53. The van der Waals surface area contributed by atoms with E-state index in [1.807, 2.05) is 0 Å². The van der Waals surface area contributed by atoms with Gasteiger partial charge in [-0.25, -0.2) is 0 Å². The molecule has 4 nitrogen and oxygen atoms in total. The van der Waals surface area contributed by atoms with E-state index in [0.717, 1.165) is 24.3 Å². The lowest BCUT2D eigenvalue weighted by atomic mass is 9.92. The van der Waals surface area contributed by atoms with Crippen LogP contribution < -0.4 is 10.6 Å². The summed E-state index contributed by atoms with van der Waals surface area (Å²) in [6, 6.07) is 4.80. The summed E-state index contributed by atoms with van der Waals surface area (Å²) in [5.74, 6) is 0. The molecular weight excluding hydrogens is 516 g/mol. The Morgan fingerprint density at radius 1 is 0.514 bits per heavy atom. The summed E-state index contributed by atoms with van der Waals surface area (Å²) in [6.07, 6.45) is -24.6. The molecule has 196 valence electrons. The van der Waals surface area contributed by atoms with Crippen molar-refractivity contribution in [3.8, 4) is 0 Å². The zero-order chi connectivity index (χ0) is 27.1. The maximum absolute atomic E-state index is 13.0. The van der Waals surface area contributed by atoms with E-state index in [4.69, 9.17) is 0 Å². The minimum Gasteiger partial charge on any atom is -0.369 e. The molecule has 16 heteroatoms. The van der Waals surface area contributed by atoms with Crippen molar-refractivity contribution in [1.82, 2.24) is 0 Å². The van der Waals surface area contributed by atoms with Crippen LogP contribution in [0.2, 0.25) is 0 Å². The van der Waals surface area contributed by atoms with Gasteiger partial charge in [-0.3, -0.25) is 0 Å². The van der Waals surface area contributed by atoms with Crippen molar-refractivity contribution in [2.24, 2.45) is 0 Å². The molecule has 0 aliphatic heterocycles. The normalized spacial score (nSPS) is 14.1. The first kappa shape index (κ1) is 28.4. The highest BCUT2D eigenvalue weighted by atomic mass is 19.4. The third kappa shape index (κ3) is 5.22. The van der Waals surface area contributed by atoms with Gasteiger partial charge >= 0.3 is 24.7 Å². The van der Waals surface area contributed by atoms with Crippen molar-refractivity contribution in [2.75, 3.05) is 17.3 Å². The second-order valence-electron chi connectivity index (χ2n) is 7.10. The van der Waals surface area contributed by atoms with Gasteiger partial charge in [0.2, 0.25) is 0 Å². The molecule has 0 aliphatic carbocycles. The Balaban J connectivity index is 2.26. The molecule has 2 rings (SSSR count). The molecule has 0 aliphatic rings. The van der Waals surface area contributed by atoms with Gasteiger partial charge in [0, 0.05) is 22.5 Å². The number of halogens is 12. The summed E-state index contributed by atoms with van der Waals surface area (Å²) in [5, 5.41) is 23.4. The molecule has 4 N–H and O–H groups in total. The Kier molecular flexibility index (Phi) is 7.26. The second-order valence-corrected chi connectivity index (χ2v) is 7.10. The van der Waals surface area contributed by atoms with Gasteiger partial charge in [0.1, 0.15) is 0 Å². The lowest BCUT2D eigenvalue weighted by Gasteiger charge is -2.33. The molecule has 0 bridgehead atoms. The van der Waals surface area contributed by atoms with Gasteiger partial charge in [-0.15, -0.1) is 0 Å². The average Bonchev–Trinajstić information content (AvgIpc) is 2.69. The van der Waals surface area contributed by atoms with Gasteiger partial charge < -0.3 is 20.8 Å². The van der Waals surface area contributed by atoms with Crippen LogP contribution in [-0.4, -0.2) is 41.6 Å². The SMILES string of the molecule is OC(c1cccc(NCNc2cccc(C(O)(C(F)(F)F)C(F)(F)F)c2)c1)(C(F)(F)F)C(F)(F)F. The van der Waals surface area contributed by atoms with Gasteiger partial charge in [0.25, 0.3) is 11.2 Å². The molecule has 0 aromatic heterocycles. The summed E-state index contributed by atoms with van der Waals surface area (Å²) in [5.41, 5.74) is -14.4. The predicted molar refractivity (Wildman–Crippen MR) is 97.0 cm³/mol. The molecule has 0 saturated carbocycles. The molecule has 0 atom stereocenters. The van der Waals surface area contributed by atoms with Crippen LogP contribution in [0.15, 0.2) is 48.5 Å². The standard InChI is InChI=1S/C19H14F12N2O2/c20-16(21,22)14(34,17(23,24)25)10-3-1-5-12(7-10)32-9-33-13-6-2-4-11(8-13)15(35,18(26,27)28)19(29,30)31/h1-8,32-35H,9H2. The van der Waals surface area contributed by atoms with E-state index in [0.29, 0.717) is 24.3 Å². The second kappa shape index (κ2) is 8.96. The zero-order valence-electron chi connectivity index (χ0n) is 16.8. The fourth-order valence-electron chi connectivity index (χ4n) is 2.93. The molecule has 2 aromatic carbocycles. The summed E-state index contributed by atoms with van der Waals surface area (Å²) < 4.78 is 156. The topological polar surface area (TPSA) is 64.5 Å². The predicted octanol–water partition coefficient (Wildman–Crippen LogP) is 5.79. The fraction of sp³-hybridized carbons (Fsp3) is 0.368. The Labute approximate surface area is 188 Å². The van der Waals surface area contributed by atoms with Crippen LogP contribution in [0.4, 0.5) is 64.1 Å². The maximum atomic E-state index is 13.0. The van der Waals surface area contributed by atoms with Gasteiger partial charge in [0.15, 0.2) is 0 Å². The van der Waals surface area contributed by atoms with E-state index in [9.17, 15) is 62.9 Å². The molecule has 0 heterocycles. The van der Waals surface area contributed by atoms with E-state index >= 15 is 0 Å². The molecule has 2 aromatic rings. The average molecular weight is 530 g/mol. The third-order valence-corrected chi connectivity index (χ3v) is 4.79. The van der Waals surface area contributed by atoms with Crippen molar-refractivity contribution >= 4 is 11.4 Å². The fourth-order valence-corrected chi connectivity index (χ4v) is 2.93. The number of anilines is 2. The number of benzene rings is 2. The minimum absolute atomic E-state index is 0.311. The number of alkyl halides is 12. The van der Waals surface area contributed by atoms with Crippen molar-refractivity contribution in [3.05, 3.63) is 59.7 Å². The number of rotatable bonds is 6. The van der Waals surface area contributed by atoms with Crippen LogP contribution >= 0.6 is 0 Å². The quantitative estimate of drug-likeness (QED) is 0.282. The van der Waals surface area contributed by atoms with Gasteiger partial charge in [-0.2, -0.15) is 52.7 Å². The van der Waals surface area contributed by atoms with E-state index in [-0.39, 0.29) is 0 Å². The van der Waals surface area contributed by atoms with Crippen molar-refractivity contribution in [3.63, 3.8) is 0 Å². The molecule has 0 radical (unpaired) electrons. The van der Waals surface area contributed by atoms with Gasteiger partial charge in [-0.05, 0) is 24.3 Å². The maximum Gasteiger partial charge on any atom is 0.430 e. The van der Waals surface area contributed by atoms with Crippen LogP contribution in [0.5, 0.6) is 0 Å². The first-order valence-electron chi connectivity index (χ1n) is 9.06. The Morgan fingerprint density at radius 2 is 0.800 bits per heavy atom. The first-order valence-corrected chi connectivity index (χ1v) is 9.06. The highest BCUT2D eigenvalue weighted by molar-refractivity contribution is 5.52. The Bertz CT molecular complexity index is 918. The highest BCUT2D eigenvalue weighted by Crippen LogP contribution is 2.51. The van der Waals surface area contributed by atoms with Crippen LogP contribution in [0.1, 0.15) is 11.1 Å². The molecule has 0 amide bonds. The molecule has 0 saturated heterocycles. The van der Waals surface area contributed by atoms with E-state index in [1.165, 1.54) is 0 Å². The Hall–Kier alpha value is -2.88. The summed E-state index contributed by atoms with van der Waals surface area (Å²) in [7, 11) is 0. The van der Waals surface area contributed by atoms with Crippen molar-refractivity contribution in [2.45, 2.75) is 35.9 Å². The summed E-state index contributed by atoms with van der Waals surface area (Å²) in [4.78, 5) is 0. The zero-order valence-corrected chi connectivity index (χ0v) is 16.8. The first-order chi connectivity index (χ1) is 15.7. The largest absolute Gasteiger partial charge is 0.430 e. The highest BCUT2D eigenvalue weighted by Gasteiger charge is 2.72. The number of aliphatic hydroxyl groups is 2. The summed E-state index contributed by atoms with van der Waals surface area (Å²) in [6.45, 7) is -0.611.